The van der Waals surface area contributed by atoms with Crippen molar-refractivity contribution >= 4 is 5.78 Å². The molecule has 0 saturated heterocycles. The molecule has 3 fully saturated rings. The molecule has 4 rings (SSSR count). The second-order valence-electron chi connectivity index (χ2n) is 12.3. The second kappa shape index (κ2) is 7.73. The van der Waals surface area contributed by atoms with Crippen molar-refractivity contribution in [2.45, 2.75) is 105 Å². The maximum absolute atomic E-state index is 12.1. The van der Waals surface area contributed by atoms with Crippen molar-refractivity contribution in [3.8, 4) is 0 Å². The van der Waals surface area contributed by atoms with Crippen molar-refractivity contribution in [3.05, 3.63) is 11.6 Å². The lowest BCUT2D eigenvalue weighted by Crippen LogP contribution is -2.63. The molecule has 0 radical (unpaired) electrons. The Balaban J connectivity index is 1.60. The molecule has 30 heavy (non-hydrogen) atoms. The Kier molecular flexibility index (Phi) is 5.80. The quantitative estimate of drug-likeness (QED) is 0.550. The second-order valence-corrected chi connectivity index (χ2v) is 12.3. The van der Waals surface area contributed by atoms with Gasteiger partial charge in [0.1, 0.15) is 0 Å². The molecular formula is C27H44O3. The Labute approximate surface area is 183 Å². The molecule has 2 N–H and O–H groups in total. The Bertz CT molecular complexity index is 707. The molecule has 0 aromatic rings. The van der Waals surface area contributed by atoms with Crippen molar-refractivity contribution < 1.29 is 15.0 Å². The predicted octanol–water partition coefficient (Wildman–Crippen LogP) is 5.89. The summed E-state index contributed by atoms with van der Waals surface area (Å²) in [5.41, 5.74) is 0.847. The third-order valence-electron chi connectivity index (χ3n) is 10.4. The summed E-state index contributed by atoms with van der Waals surface area (Å²) in [6.45, 7) is 11.5. The maximum atomic E-state index is 12.1. The maximum Gasteiger partial charge on any atom is 0.168 e. The fourth-order valence-corrected chi connectivity index (χ4v) is 8.55. The highest BCUT2D eigenvalue weighted by Gasteiger charge is 2.68. The SMILES string of the molecule is CC(C)CCC[C@@H](C)[C@H]1CC[C@H]2[C@@H]3CCC4=CC(=O)CC[C@]4(C)[C@H]3CC(O)(O)[C@]12C. The number of carbonyl (C=O) groups excluding carboxylic acids is 1. The van der Waals surface area contributed by atoms with E-state index in [-0.39, 0.29) is 17.1 Å². The topological polar surface area (TPSA) is 57.5 Å². The number of allylic oxidation sites excluding steroid dienone is 1. The van der Waals surface area contributed by atoms with Gasteiger partial charge in [0.15, 0.2) is 11.6 Å². The monoisotopic (exact) mass is 416 g/mol. The van der Waals surface area contributed by atoms with Crippen LogP contribution in [0.1, 0.15) is 98.8 Å². The van der Waals surface area contributed by atoms with E-state index < -0.39 is 11.2 Å². The molecule has 0 amide bonds. The largest absolute Gasteiger partial charge is 0.365 e. The number of carbonyl (C=O) groups is 1. The van der Waals surface area contributed by atoms with E-state index in [2.05, 4.69) is 34.6 Å². The highest BCUT2D eigenvalue weighted by atomic mass is 16.5. The molecule has 4 aliphatic carbocycles. The van der Waals surface area contributed by atoms with E-state index in [0.717, 1.165) is 38.0 Å². The molecule has 0 heterocycles. The van der Waals surface area contributed by atoms with E-state index in [0.29, 0.717) is 36.5 Å². The summed E-state index contributed by atoms with van der Waals surface area (Å²) in [5, 5.41) is 23.2. The van der Waals surface area contributed by atoms with E-state index in [1.807, 2.05) is 6.08 Å². The highest BCUT2D eigenvalue weighted by Crippen LogP contribution is 2.69. The van der Waals surface area contributed by atoms with Gasteiger partial charge < -0.3 is 10.2 Å². The lowest BCUT2D eigenvalue weighted by atomic mass is 9.44. The van der Waals surface area contributed by atoms with Crippen LogP contribution in [0.4, 0.5) is 0 Å². The summed E-state index contributed by atoms with van der Waals surface area (Å²) in [6.07, 6.45) is 12.0. The van der Waals surface area contributed by atoms with Crippen LogP contribution in [0.2, 0.25) is 0 Å². The Morgan fingerprint density at radius 1 is 1.03 bits per heavy atom. The minimum Gasteiger partial charge on any atom is -0.365 e. The predicted molar refractivity (Wildman–Crippen MR) is 121 cm³/mol. The van der Waals surface area contributed by atoms with Gasteiger partial charge in [0.2, 0.25) is 0 Å². The van der Waals surface area contributed by atoms with Gasteiger partial charge in [0, 0.05) is 18.3 Å². The van der Waals surface area contributed by atoms with Gasteiger partial charge in [-0.2, -0.15) is 0 Å². The standard InChI is InChI=1S/C27H44O3/c1-17(2)7-6-8-18(3)22-11-12-23-21-10-9-19-15-20(28)13-14-25(19,4)24(21)16-27(29,30)26(22,23)5/h15,17-18,21-24,29-30H,6-14,16H2,1-5H3/t18-,21+,22-,23+,24+,25+,26-/m1/s1. The summed E-state index contributed by atoms with van der Waals surface area (Å²) in [4.78, 5) is 12.1. The number of hydrogen-bond acceptors (Lipinski definition) is 3. The molecule has 3 saturated carbocycles. The van der Waals surface area contributed by atoms with Gasteiger partial charge in [-0.05, 0) is 79.1 Å². The van der Waals surface area contributed by atoms with Crippen molar-refractivity contribution in [1.29, 1.82) is 0 Å². The number of rotatable bonds is 5. The average Bonchev–Trinajstić information content (AvgIpc) is 3.02. The summed E-state index contributed by atoms with van der Waals surface area (Å²) in [7, 11) is 0. The lowest BCUT2D eigenvalue weighted by Gasteiger charge is -2.62. The van der Waals surface area contributed by atoms with E-state index in [1.165, 1.54) is 24.8 Å². The van der Waals surface area contributed by atoms with Crippen LogP contribution in [0.25, 0.3) is 0 Å². The van der Waals surface area contributed by atoms with Gasteiger partial charge in [0.25, 0.3) is 0 Å². The van der Waals surface area contributed by atoms with Gasteiger partial charge >= 0.3 is 0 Å². The number of aliphatic hydroxyl groups is 2. The first kappa shape index (κ1) is 22.5. The first-order valence-electron chi connectivity index (χ1n) is 12.7. The van der Waals surface area contributed by atoms with Crippen molar-refractivity contribution in [2.75, 3.05) is 0 Å². The van der Waals surface area contributed by atoms with Crippen molar-refractivity contribution in [1.82, 2.24) is 0 Å². The lowest BCUT2D eigenvalue weighted by molar-refractivity contribution is -0.311. The Morgan fingerprint density at radius 2 is 1.77 bits per heavy atom. The van der Waals surface area contributed by atoms with Crippen LogP contribution in [0, 0.1) is 46.3 Å². The van der Waals surface area contributed by atoms with Gasteiger partial charge in [-0.3, -0.25) is 4.79 Å². The molecule has 0 aromatic carbocycles. The van der Waals surface area contributed by atoms with E-state index >= 15 is 0 Å². The van der Waals surface area contributed by atoms with Gasteiger partial charge in [-0.25, -0.2) is 0 Å². The molecule has 0 unspecified atom stereocenters. The fourth-order valence-electron chi connectivity index (χ4n) is 8.55. The van der Waals surface area contributed by atoms with Crippen LogP contribution < -0.4 is 0 Å². The molecular weight excluding hydrogens is 372 g/mol. The Hall–Kier alpha value is -0.670. The third kappa shape index (κ3) is 3.34. The average molecular weight is 417 g/mol. The van der Waals surface area contributed by atoms with E-state index in [4.69, 9.17) is 0 Å². The molecule has 4 aliphatic rings. The highest BCUT2D eigenvalue weighted by molar-refractivity contribution is 5.91. The molecule has 170 valence electrons. The first-order chi connectivity index (χ1) is 14.0. The summed E-state index contributed by atoms with van der Waals surface area (Å²) in [6, 6.07) is 0. The zero-order valence-corrected chi connectivity index (χ0v) is 19.9. The molecule has 0 spiro atoms. The summed E-state index contributed by atoms with van der Waals surface area (Å²) >= 11 is 0. The zero-order chi connectivity index (χ0) is 21.9. The Morgan fingerprint density at radius 3 is 2.47 bits per heavy atom. The van der Waals surface area contributed by atoms with Crippen molar-refractivity contribution in [2.24, 2.45) is 46.3 Å². The van der Waals surface area contributed by atoms with E-state index in [9.17, 15) is 15.0 Å². The molecule has 0 aliphatic heterocycles. The number of hydrogen-bond donors (Lipinski definition) is 2. The van der Waals surface area contributed by atoms with Crippen LogP contribution in [0.15, 0.2) is 11.6 Å². The van der Waals surface area contributed by atoms with Crippen molar-refractivity contribution in [3.63, 3.8) is 0 Å². The number of ketones is 1. The van der Waals surface area contributed by atoms with Crippen LogP contribution in [0.3, 0.4) is 0 Å². The zero-order valence-electron chi connectivity index (χ0n) is 19.9. The summed E-state index contributed by atoms with van der Waals surface area (Å²) < 4.78 is 0. The third-order valence-corrected chi connectivity index (χ3v) is 10.4. The minimum absolute atomic E-state index is 0.0319. The smallest absolute Gasteiger partial charge is 0.168 e. The van der Waals surface area contributed by atoms with Gasteiger partial charge in [-0.1, -0.05) is 59.5 Å². The van der Waals surface area contributed by atoms with E-state index in [1.54, 1.807) is 0 Å². The van der Waals surface area contributed by atoms with Crippen LogP contribution in [-0.4, -0.2) is 21.8 Å². The molecule has 3 nitrogen and oxygen atoms in total. The van der Waals surface area contributed by atoms with Crippen LogP contribution in [-0.2, 0) is 4.79 Å². The normalized spacial score (nSPS) is 43.6. The molecule has 3 heteroatoms. The summed E-state index contributed by atoms with van der Waals surface area (Å²) in [5.74, 6) is 1.55. The molecule has 0 aromatic heterocycles. The fraction of sp³-hybridized carbons (Fsp3) is 0.889. The molecule has 0 bridgehead atoms. The van der Waals surface area contributed by atoms with Crippen LogP contribution in [0.5, 0.6) is 0 Å². The molecule has 7 atom stereocenters. The van der Waals surface area contributed by atoms with Gasteiger partial charge in [-0.15, -0.1) is 0 Å². The van der Waals surface area contributed by atoms with Crippen LogP contribution >= 0.6 is 0 Å². The number of fused-ring (bicyclic) bond motifs is 5. The van der Waals surface area contributed by atoms with Gasteiger partial charge in [0.05, 0.1) is 0 Å². The first-order valence-corrected chi connectivity index (χ1v) is 12.7. The minimum atomic E-state index is -1.61.